The van der Waals surface area contributed by atoms with Gasteiger partial charge in [-0.2, -0.15) is 0 Å². The van der Waals surface area contributed by atoms with Crippen LogP contribution in [0.15, 0.2) is 58.0 Å². The van der Waals surface area contributed by atoms with Crippen molar-refractivity contribution in [3.63, 3.8) is 0 Å². The quantitative estimate of drug-likeness (QED) is 0.0541. The molecule has 6 rings (SSSR count). The van der Waals surface area contributed by atoms with Crippen LogP contribution in [-0.4, -0.2) is 98.4 Å². The minimum absolute atomic E-state index is 0.105. The van der Waals surface area contributed by atoms with Crippen LogP contribution in [0.4, 0.5) is 9.59 Å². The number of imidazole rings is 2. The highest BCUT2D eigenvalue weighted by molar-refractivity contribution is 7.99. The van der Waals surface area contributed by atoms with Crippen LogP contribution in [0.1, 0.15) is 45.4 Å². The minimum atomic E-state index is -0.747. The maximum atomic E-state index is 13.8. The molecule has 16 nitrogen and oxygen atoms in total. The summed E-state index contributed by atoms with van der Waals surface area (Å²) in [7, 11) is 2.52. The number of aryl methyl sites for hydroxylation is 1. The fraction of sp³-hybridized carbons (Fsp3) is 0.410. The van der Waals surface area contributed by atoms with E-state index in [9.17, 15) is 24.0 Å². The number of ether oxygens (including phenoxy) is 2. The van der Waals surface area contributed by atoms with E-state index in [1.165, 1.54) is 26.0 Å². The lowest BCUT2D eigenvalue weighted by molar-refractivity contribution is -0.135. The molecule has 0 bridgehead atoms. The molecule has 18 heteroatoms. The molecule has 0 aliphatic carbocycles. The third-order valence-corrected chi connectivity index (χ3v) is 11.5. The van der Waals surface area contributed by atoms with E-state index < -0.39 is 24.3 Å². The SMILES string of the molecule is COC(=O)NC(C(=O)NCSCCc1ncc(-c2ccc3c(=O)c4cc(-c5cnc(C6CSCN6C(=O)C(NC(=O)OC)C(C)C)[nH]5)ccc4oc3c2)[nH]1)C(C)C. The zero-order valence-electron chi connectivity index (χ0n) is 32.5. The first-order valence-electron chi connectivity index (χ1n) is 18.4. The molecule has 0 radical (unpaired) electrons. The molecule has 4 amide bonds. The molecule has 0 spiro atoms. The second kappa shape index (κ2) is 18.2. The first-order valence-corrected chi connectivity index (χ1v) is 20.7. The highest BCUT2D eigenvalue weighted by Crippen LogP contribution is 2.34. The number of carbonyl (C=O) groups is 4. The standard InChI is InChI=1S/C39H46N8O8S2/c1-20(2)32(45-38(51)53-5)36(49)42-18-56-12-11-31-40-15-26(43-31)23-7-9-24-30(14-23)55-29-10-8-22(13-25(29)34(24)48)27-16-41-35(44-27)28-17-57-19-47(28)37(50)33(21(3)4)46-39(52)54-6/h7-10,13-16,20-21,28,32-33H,11-12,17-19H2,1-6H3,(H,40,43)(H,41,44)(H,42,49)(H,45,51)(H,46,52). The van der Waals surface area contributed by atoms with E-state index in [4.69, 9.17) is 9.15 Å². The maximum Gasteiger partial charge on any atom is 0.407 e. The van der Waals surface area contributed by atoms with Gasteiger partial charge >= 0.3 is 12.2 Å². The van der Waals surface area contributed by atoms with Crippen molar-refractivity contribution in [2.24, 2.45) is 11.8 Å². The van der Waals surface area contributed by atoms with E-state index in [1.807, 2.05) is 45.9 Å². The van der Waals surface area contributed by atoms with E-state index in [0.717, 1.165) is 22.6 Å². The van der Waals surface area contributed by atoms with Crippen molar-refractivity contribution in [3.8, 4) is 22.5 Å². The summed E-state index contributed by atoms with van der Waals surface area (Å²) in [5.74, 6) is 2.79. The van der Waals surface area contributed by atoms with Gasteiger partial charge in [-0.25, -0.2) is 19.6 Å². The summed E-state index contributed by atoms with van der Waals surface area (Å²) < 4.78 is 15.6. The van der Waals surface area contributed by atoms with E-state index in [1.54, 1.807) is 47.3 Å². The van der Waals surface area contributed by atoms with Crippen molar-refractivity contribution in [2.45, 2.75) is 52.2 Å². The number of amides is 4. The van der Waals surface area contributed by atoms with Gasteiger partial charge in [0.15, 0.2) is 0 Å². The van der Waals surface area contributed by atoms with Gasteiger partial charge < -0.3 is 44.7 Å². The van der Waals surface area contributed by atoms with Gasteiger partial charge in [-0.3, -0.25) is 14.4 Å². The lowest BCUT2D eigenvalue weighted by Crippen LogP contribution is -2.51. The van der Waals surface area contributed by atoms with Crippen LogP contribution in [0.3, 0.4) is 0 Å². The zero-order valence-corrected chi connectivity index (χ0v) is 34.1. The van der Waals surface area contributed by atoms with E-state index in [-0.39, 0.29) is 35.1 Å². The molecule has 0 saturated carbocycles. The summed E-state index contributed by atoms with van der Waals surface area (Å²) in [6.07, 6.45) is 2.74. The highest BCUT2D eigenvalue weighted by atomic mass is 32.2. The van der Waals surface area contributed by atoms with Crippen LogP contribution in [0.2, 0.25) is 0 Å². The Morgan fingerprint density at radius 2 is 1.56 bits per heavy atom. The number of methoxy groups -OCH3 is 2. The number of rotatable bonds is 14. The number of hydrogen-bond acceptors (Lipinski definition) is 12. The number of fused-ring (bicyclic) bond motifs is 2. The van der Waals surface area contributed by atoms with Crippen LogP contribution in [0, 0.1) is 11.8 Å². The molecule has 3 atom stereocenters. The van der Waals surface area contributed by atoms with Gasteiger partial charge in [0.25, 0.3) is 0 Å². The number of alkyl carbamates (subject to hydrolysis) is 2. The molecule has 1 aliphatic rings. The minimum Gasteiger partial charge on any atom is -0.456 e. The van der Waals surface area contributed by atoms with Crippen molar-refractivity contribution in [2.75, 3.05) is 37.5 Å². The summed E-state index contributed by atoms with van der Waals surface area (Å²) in [4.78, 5) is 81.0. The third-order valence-electron chi connectivity index (χ3n) is 9.63. The van der Waals surface area contributed by atoms with Crippen LogP contribution >= 0.6 is 23.5 Å². The predicted octanol–water partition coefficient (Wildman–Crippen LogP) is 5.41. The average molecular weight is 819 g/mol. The number of nitrogens with one attached hydrogen (secondary N) is 5. The van der Waals surface area contributed by atoms with Crippen LogP contribution < -0.4 is 21.4 Å². The zero-order chi connectivity index (χ0) is 40.8. The Kier molecular flexibility index (Phi) is 13.1. The van der Waals surface area contributed by atoms with Gasteiger partial charge in [-0.1, -0.05) is 33.8 Å². The second-order valence-corrected chi connectivity index (χ2v) is 16.3. The summed E-state index contributed by atoms with van der Waals surface area (Å²) in [5, 5.41) is 8.91. The highest BCUT2D eigenvalue weighted by Gasteiger charge is 2.38. The van der Waals surface area contributed by atoms with Gasteiger partial charge in [0.1, 0.15) is 34.9 Å². The van der Waals surface area contributed by atoms with Crippen LogP contribution in [-0.2, 0) is 25.5 Å². The number of nitrogens with zero attached hydrogens (tertiary/aromatic N) is 3. The average Bonchev–Trinajstić information content (AvgIpc) is 4.00. The molecule has 302 valence electrons. The summed E-state index contributed by atoms with van der Waals surface area (Å²) >= 11 is 3.13. The Bertz CT molecular complexity index is 2320. The molecule has 1 saturated heterocycles. The van der Waals surface area contributed by atoms with Gasteiger partial charge in [0.05, 0.1) is 66.6 Å². The molecule has 3 unspecified atom stereocenters. The number of hydrogen-bond donors (Lipinski definition) is 5. The normalized spacial score (nSPS) is 15.2. The molecule has 5 aromatic rings. The molecular weight excluding hydrogens is 773 g/mol. The summed E-state index contributed by atoms with van der Waals surface area (Å²) in [6, 6.07) is 9.04. The monoisotopic (exact) mass is 818 g/mol. The number of aromatic nitrogens is 4. The third kappa shape index (κ3) is 9.39. The van der Waals surface area contributed by atoms with Crippen LogP contribution in [0.25, 0.3) is 44.5 Å². The molecular formula is C39H46N8O8S2. The van der Waals surface area contributed by atoms with E-state index in [2.05, 4.69) is 40.6 Å². The first kappa shape index (κ1) is 41.2. The largest absolute Gasteiger partial charge is 0.456 e. The smallest absolute Gasteiger partial charge is 0.407 e. The van der Waals surface area contributed by atoms with Crippen molar-refractivity contribution in [1.82, 2.24) is 40.8 Å². The fourth-order valence-corrected chi connectivity index (χ4v) is 8.33. The summed E-state index contributed by atoms with van der Waals surface area (Å²) in [6.45, 7) is 7.42. The number of carbonyl (C=O) groups excluding carboxylic acids is 4. The fourth-order valence-electron chi connectivity index (χ4n) is 6.44. The van der Waals surface area contributed by atoms with Gasteiger partial charge in [-0.05, 0) is 42.2 Å². The van der Waals surface area contributed by atoms with Crippen molar-refractivity contribution < 1.29 is 33.1 Å². The predicted molar refractivity (Wildman–Crippen MR) is 220 cm³/mol. The topological polar surface area (TPSA) is 214 Å². The molecule has 57 heavy (non-hydrogen) atoms. The Labute approximate surface area is 337 Å². The Hall–Kier alpha value is -5.49. The van der Waals surface area contributed by atoms with Gasteiger partial charge in [-0.15, -0.1) is 23.5 Å². The molecule has 1 aliphatic heterocycles. The van der Waals surface area contributed by atoms with Gasteiger partial charge in [0, 0.05) is 29.1 Å². The Morgan fingerprint density at radius 3 is 2.28 bits per heavy atom. The molecule has 1 fully saturated rings. The molecule has 5 N–H and O–H groups in total. The van der Waals surface area contributed by atoms with Crippen molar-refractivity contribution in [3.05, 3.63) is 70.7 Å². The number of benzene rings is 2. The molecule has 4 heterocycles. The molecule has 3 aromatic heterocycles. The lowest BCUT2D eigenvalue weighted by atomic mass is 10.0. The van der Waals surface area contributed by atoms with Crippen molar-refractivity contribution >= 4 is 69.5 Å². The van der Waals surface area contributed by atoms with E-state index >= 15 is 0 Å². The number of aromatic amines is 2. The maximum absolute atomic E-state index is 13.8. The lowest BCUT2D eigenvalue weighted by Gasteiger charge is -2.29. The Balaban J connectivity index is 1.11. The van der Waals surface area contributed by atoms with E-state index in [0.29, 0.717) is 63.1 Å². The first-order chi connectivity index (χ1) is 27.4. The van der Waals surface area contributed by atoms with Gasteiger partial charge in [0.2, 0.25) is 17.2 Å². The van der Waals surface area contributed by atoms with Crippen LogP contribution in [0.5, 0.6) is 0 Å². The number of thioether (sulfide) groups is 2. The Morgan fingerprint density at radius 1 is 0.895 bits per heavy atom. The number of H-pyrrole nitrogens is 2. The second-order valence-electron chi connectivity index (χ2n) is 14.2. The van der Waals surface area contributed by atoms with Crippen molar-refractivity contribution in [1.29, 1.82) is 0 Å². The molecule has 2 aromatic carbocycles. The summed E-state index contributed by atoms with van der Waals surface area (Å²) in [5.41, 5.74) is 3.71.